The predicted octanol–water partition coefficient (Wildman–Crippen LogP) is 3.41. The van der Waals surface area contributed by atoms with Crippen LogP contribution in [-0.4, -0.2) is 41.9 Å². The Morgan fingerprint density at radius 3 is 2.79 bits per heavy atom. The number of hydrogen-bond donors (Lipinski definition) is 1. The lowest BCUT2D eigenvalue weighted by molar-refractivity contribution is -0.132. The quantitative estimate of drug-likeness (QED) is 0.725. The summed E-state index contributed by atoms with van der Waals surface area (Å²) in [5.74, 6) is -0.329. The average Bonchev–Trinajstić information content (AvgIpc) is 3.21. The Bertz CT molecular complexity index is 887. The van der Waals surface area contributed by atoms with Crippen LogP contribution in [0.1, 0.15) is 53.5 Å². The number of carbonyl (C=O) groups is 2. The van der Waals surface area contributed by atoms with Crippen LogP contribution >= 0.6 is 0 Å². The SMILES string of the molecule is CNC(=O)c1ccc([C@H]2CCCN2C(=O)CCCOc2ccccc2F)nc1C. The lowest BCUT2D eigenvalue weighted by Gasteiger charge is -2.25. The summed E-state index contributed by atoms with van der Waals surface area (Å²) in [4.78, 5) is 31.0. The Kier molecular flexibility index (Phi) is 6.80. The molecule has 154 valence electrons. The van der Waals surface area contributed by atoms with Crippen molar-refractivity contribution in [3.05, 3.63) is 59.2 Å². The van der Waals surface area contributed by atoms with Crippen molar-refractivity contribution in [2.45, 2.75) is 38.6 Å². The van der Waals surface area contributed by atoms with Crippen LogP contribution in [-0.2, 0) is 4.79 Å². The molecular formula is C22H26FN3O3. The van der Waals surface area contributed by atoms with E-state index in [-0.39, 0.29) is 30.2 Å². The Morgan fingerprint density at radius 1 is 1.28 bits per heavy atom. The number of nitrogens with one attached hydrogen (secondary N) is 1. The molecule has 2 aromatic rings. The molecule has 0 unspecified atom stereocenters. The van der Waals surface area contributed by atoms with E-state index in [1.54, 1.807) is 38.2 Å². The third-order valence-electron chi connectivity index (χ3n) is 5.12. The zero-order valence-electron chi connectivity index (χ0n) is 16.8. The third-order valence-corrected chi connectivity index (χ3v) is 5.12. The maximum Gasteiger partial charge on any atom is 0.252 e. The highest BCUT2D eigenvalue weighted by Gasteiger charge is 2.31. The lowest BCUT2D eigenvalue weighted by atomic mass is 10.1. The van der Waals surface area contributed by atoms with Gasteiger partial charge in [0.15, 0.2) is 11.6 Å². The fraction of sp³-hybridized carbons (Fsp3) is 0.409. The van der Waals surface area contributed by atoms with E-state index in [1.165, 1.54) is 6.07 Å². The van der Waals surface area contributed by atoms with Gasteiger partial charge in [0.05, 0.1) is 29.6 Å². The molecule has 0 spiro atoms. The van der Waals surface area contributed by atoms with Crippen molar-refractivity contribution in [3.63, 3.8) is 0 Å². The molecule has 1 N–H and O–H groups in total. The number of hydrogen-bond acceptors (Lipinski definition) is 4. The number of aryl methyl sites for hydroxylation is 1. The summed E-state index contributed by atoms with van der Waals surface area (Å²) >= 11 is 0. The number of ether oxygens (including phenoxy) is 1. The average molecular weight is 399 g/mol. The van der Waals surface area contributed by atoms with Crippen LogP contribution in [0.25, 0.3) is 0 Å². The van der Waals surface area contributed by atoms with E-state index >= 15 is 0 Å². The Hall–Kier alpha value is -2.96. The van der Waals surface area contributed by atoms with Gasteiger partial charge in [0.2, 0.25) is 5.91 Å². The van der Waals surface area contributed by atoms with Gasteiger partial charge in [0, 0.05) is 20.0 Å². The largest absolute Gasteiger partial charge is 0.491 e. The number of para-hydroxylation sites is 1. The summed E-state index contributed by atoms with van der Waals surface area (Å²) in [6.07, 6.45) is 2.61. The standard InChI is InChI=1S/C22H26FN3O3/c1-15-16(22(28)24-2)11-12-18(25-15)19-8-5-13-26(19)21(27)10-6-14-29-20-9-4-3-7-17(20)23/h3-4,7,9,11-12,19H,5-6,8,10,13-14H2,1-2H3,(H,24,28)/t19-/m1/s1. The van der Waals surface area contributed by atoms with Crippen molar-refractivity contribution in [2.75, 3.05) is 20.2 Å². The van der Waals surface area contributed by atoms with Crippen LogP contribution in [0, 0.1) is 12.7 Å². The van der Waals surface area contributed by atoms with Crippen LogP contribution in [0.5, 0.6) is 5.75 Å². The molecule has 0 saturated carbocycles. The first kappa shape index (κ1) is 20.8. The first-order valence-electron chi connectivity index (χ1n) is 9.87. The van der Waals surface area contributed by atoms with E-state index in [1.807, 2.05) is 11.0 Å². The third kappa shape index (κ3) is 4.91. The van der Waals surface area contributed by atoms with Crippen LogP contribution < -0.4 is 10.1 Å². The van der Waals surface area contributed by atoms with Crippen molar-refractivity contribution >= 4 is 11.8 Å². The van der Waals surface area contributed by atoms with E-state index < -0.39 is 5.82 Å². The second kappa shape index (κ2) is 9.49. The van der Waals surface area contributed by atoms with Gasteiger partial charge >= 0.3 is 0 Å². The molecule has 6 nitrogen and oxygen atoms in total. The van der Waals surface area contributed by atoms with Crippen LogP contribution in [0.3, 0.4) is 0 Å². The molecule has 1 saturated heterocycles. The summed E-state index contributed by atoms with van der Waals surface area (Å²) in [6.45, 7) is 2.77. The number of halogens is 1. The molecule has 2 heterocycles. The molecule has 1 fully saturated rings. The molecule has 0 aliphatic carbocycles. The van der Waals surface area contributed by atoms with Crippen molar-refractivity contribution in [1.29, 1.82) is 0 Å². The van der Waals surface area contributed by atoms with Gasteiger partial charge in [-0.05, 0) is 50.5 Å². The predicted molar refractivity (Wildman–Crippen MR) is 107 cm³/mol. The second-order valence-corrected chi connectivity index (χ2v) is 7.08. The highest BCUT2D eigenvalue weighted by molar-refractivity contribution is 5.94. The molecule has 0 radical (unpaired) electrons. The Morgan fingerprint density at radius 2 is 2.07 bits per heavy atom. The molecule has 0 bridgehead atoms. The summed E-state index contributed by atoms with van der Waals surface area (Å²) in [5.41, 5.74) is 2.00. The fourth-order valence-corrected chi connectivity index (χ4v) is 3.62. The van der Waals surface area contributed by atoms with Gasteiger partial charge < -0.3 is 15.0 Å². The fourth-order valence-electron chi connectivity index (χ4n) is 3.62. The number of nitrogens with zero attached hydrogens (tertiary/aromatic N) is 2. The van der Waals surface area contributed by atoms with Gasteiger partial charge in [-0.2, -0.15) is 0 Å². The molecule has 1 atom stereocenters. The second-order valence-electron chi connectivity index (χ2n) is 7.08. The van der Waals surface area contributed by atoms with Gasteiger partial charge in [-0.15, -0.1) is 0 Å². The molecule has 1 aliphatic heterocycles. The van der Waals surface area contributed by atoms with Crippen LogP contribution in [0.4, 0.5) is 4.39 Å². The van der Waals surface area contributed by atoms with E-state index in [2.05, 4.69) is 10.3 Å². The number of pyridine rings is 1. The maximum atomic E-state index is 13.6. The maximum absolute atomic E-state index is 13.6. The normalized spacial score (nSPS) is 16.0. The van der Waals surface area contributed by atoms with Crippen molar-refractivity contribution < 1.29 is 18.7 Å². The summed E-state index contributed by atoms with van der Waals surface area (Å²) in [6, 6.07) is 9.75. The summed E-state index contributed by atoms with van der Waals surface area (Å²) < 4.78 is 19.0. The van der Waals surface area contributed by atoms with Gasteiger partial charge in [-0.1, -0.05) is 12.1 Å². The number of aromatic nitrogens is 1. The first-order chi connectivity index (χ1) is 14.0. The minimum Gasteiger partial charge on any atom is -0.491 e. The molecule has 7 heteroatoms. The Balaban J connectivity index is 1.57. The molecule has 2 amide bonds. The minimum absolute atomic E-state index is 0.0412. The van der Waals surface area contributed by atoms with Crippen molar-refractivity contribution in [3.8, 4) is 5.75 Å². The molecular weight excluding hydrogens is 373 g/mol. The van der Waals surface area contributed by atoms with E-state index in [0.717, 1.165) is 18.5 Å². The number of amides is 2. The molecule has 1 aromatic carbocycles. The van der Waals surface area contributed by atoms with Crippen molar-refractivity contribution in [1.82, 2.24) is 15.2 Å². The van der Waals surface area contributed by atoms with Crippen molar-refractivity contribution in [2.24, 2.45) is 0 Å². The zero-order valence-corrected chi connectivity index (χ0v) is 16.8. The Labute approximate surface area is 170 Å². The van der Waals surface area contributed by atoms with E-state index in [4.69, 9.17) is 4.74 Å². The van der Waals surface area contributed by atoms with Crippen LogP contribution in [0.2, 0.25) is 0 Å². The van der Waals surface area contributed by atoms with Gasteiger partial charge in [0.25, 0.3) is 5.91 Å². The smallest absolute Gasteiger partial charge is 0.252 e. The lowest BCUT2D eigenvalue weighted by Crippen LogP contribution is -2.31. The first-order valence-corrected chi connectivity index (χ1v) is 9.87. The number of carbonyl (C=O) groups excluding carboxylic acids is 2. The topological polar surface area (TPSA) is 71.5 Å². The highest BCUT2D eigenvalue weighted by Crippen LogP contribution is 2.32. The number of rotatable bonds is 7. The summed E-state index contributed by atoms with van der Waals surface area (Å²) in [7, 11) is 1.59. The monoisotopic (exact) mass is 399 g/mol. The highest BCUT2D eigenvalue weighted by atomic mass is 19.1. The zero-order chi connectivity index (χ0) is 20.8. The van der Waals surface area contributed by atoms with Crippen LogP contribution in [0.15, 0.2) is 36.4 Å². The molecule has 1 aromatic heterocycles. The van der Waals surface area contributed by atoms with Gasteiger partial charge in [0.1, 0.15) is 0 Å². The minimum atomic E-state index is -0.403. The van der Waals surface area contributed by atoms with Gasteiger partial charge in [-0.3, -0.25) is 14.6 Å². The molecule has 1 aliphatic rings. The van der Waals surface area contributed by atoms with E-state index in [0.29, 0.717) is 30.6 Å². The van der Waals surface area contributed by atoms with E-state index in [9.17, 15) is 14.0 Å². The molecule has 3 rings (SSSR count). The number of benzene rings is 1. The molecule has 29 heavy (non-hydrogen) atoms. The van der Waals surface area contributed by atoms with Gasteiger partial charge in [-0.25, -0.2) is 4.39 Å². The summed E-state index contributed by atoms with van der Waals surface area (Å²) in [5, 5.41) is 2.60. The number of likely N-dealkylation sites (tertiary alicyclic amines) is 1.